The quantitative estimate of drug-likeness (QED) is 0.236. The molecule has 0 aliphatic rings. The second kappa shape index (κ2) is 11.6. The summed E-state index contributed by atoms with van der Waals surface area (Å²) in [6.07, 6.45) is -3.24. The fraction of sp³-hybridized carbons (Fsp3) is 0.667. The number of hydrogen-bond donors (Lipinski definition) is 7. The van der Waals surface area contributed by atoms with Gasteiger partial charge in [0.05, 0.1) is 26.1 Å². The van der Waals surface area contributed by atoms with Crippen LogP contribution in [0.2, 0.25) is 0 Å². The summed E-state index contributed by atoms with van der Waals surface area (Å²) >= 11 is 0. The maximum Gasteiger partial charge on any atom is 0.336 e. The molecule has 0 rings (SSSR count). The van der Waals surface area contributed by atoms with E-state index in [1.54, 1.807) is 0 Å². The van der Waals surface area contributed by atoms with E-state index in [4.69, 9.17) is 35.7 Å². The first kappa shape index (κ1) is 23.8. The molecule has 0 amide bonds. The molecule has 0 radical (unpaired) electrons. The van der Waals surface area contributed by atoms with Crippen molar-refractivity contribution in [1.82, 2.24) is 0 Å². The van der Waals surface area contributed by atoms with Crippen molar-refractivity contribution in [3.8, 4) is 0 Å². The molecule has 0 aromatic carbocycles. The van der Waals surface area contributed by atoms with Gasteiger partial charge in [0.2, 0.25) is 0 Å². The number of aliphatic carboxylic acids is 3. The molecule has 0 aliphatic carbocycles. The van der Waals surface area contributed by atoms with Crippen LogP contribution in [0.1, 0.15) is 12.8 Å². The molecule has 0 bridgehead atoms. The Morgan fingerprint density at radius 1 is 0.900 bits per heavy atom. The van der Waals surface area contributed by atoms with Crippen LogP contribution in [0.5, 0.6) is 0 Å². The van der Waals surface area contributed by atoms with Crippen molar-refractivity contribution in [2.75, 3.05) is 13.2 Å². The van der Waals surface area contributed by atoms with Crippen molar-refractivity contribution >= 4 is 17.9 Å². The van der Waals surface area contributed by atoms with E-state index in [-0.39, 0.29) is 30.3 Å². The molecule has 10 nitrogen and oxygen atoms in total. The topological polar surface area (TPSA) is 193 Å². The number of hydrogen-bond acceptors (Lipinski definition) is 7. The summed E-state index contributed by atoms with van der Waals surface area (Å²) in [6, 6.07) is 0. The fourth-order valence-electron chi connectivity index (χ4n) is 0.772. The largest absolute Gasteiger partial charge is 0.481 e. The van der Waals surface area contributed by atoms with Gasteiger partial charge in [0.25, 0.3) is 0 Å². The van der Waals surface area contributed by atoms with Crippen molar-refractivity contribution in [2.24, 2.45) is 0 Å². The van der Waals surface area contributed by atoms with Crippen LogP contribution in [0.4, 0.5) is 0 Å². The zero-order valence-electron chi connectivity index (χ0n) is 10.1. The molecule has 0 spiro atoms. The SMILES string of the molecule is O=C(O)CC(O)(CC(=O)O)C(=O)O.OCC(O)CO.[Fe]. The fourth-order valence-corrected chi connectivity index (χ4v) is 0.772. The molecule has 120 valence electrons. The average Bonchev–Trinajstić information content (AvgIpc) is 2.26. The van der Waals surface area contributed by atoms with E-state index in [0.29, 0.717) is 0 Å². The third kappa shape index (κ3) is 11.8. The van der Waals surface area contributed by atoms with Crippen LogP contribution >= 0.6 is 0 Å². The molecule has 0 aromatic heterocycles. The van der Waals surface area contributed by atoms with Gasteiger partial charge in [0.15, 0.2) is 5.60 Å². The average molecular weight is 340 g/mol. The van der Waals surface area contributed by atoms with Gasteiger partial charge in [-0.2, -0.15) is 0 Å². The minimum Gasteiger partial charge on any atom is -0.481 e. The van der Waals surface area contributed by atoms with Gasteiger partial charge in [0.1, 0.15) is 6.10 Å². The van der Waals surface area contributed by atoms with Gasteiger partial charge in [0, 0.05) is 17.1 Å². The summed E-state index contributed by atoms with van der Waals surface area (Å²) in [5.74, 6) is -5.02. The second-order valence-electron chi connectivity index (χ2n) is 3.50. The molecular weight excluding hydrogens is 324 g/mol. The molecule has 20 heavy (non-hydrogen) atoms. The molecule has 7 N–H and O–H groups in total. The van der Waals surface area contributed by atoms with Crippen molar-refractivity contribution in [3.63, 3.8) is 0 Å². The van der Waals surface area contributed by atoms with Crippen LogP contribution < -0.4 is 0 Å². The van der Waals surface area contributed by atoms with Gasteiger partial charge in [-0.25, -0.2) is 4.79 Å². The van der Waals surface area contributed by atoms with E-state index in [1.165, 1.54) is 0 Å². The monoisotopic (exact) mass is 340 g/mol. The standard InChI is InChI=1S/C6H8O7.C3H8O3.Fe/c7-3(8)1-6(13,5(11)12)2-4(9)10;4-1-3(6)2-5;/h13H,1-2H2,(H,7,8)(H,9,10)(H,11,12);3-6H,1-2H2;. The van der Waals surface area contributed by atoms with E-state index in [0.717, 1.165) is 0 Å². The van der Waals surface area contributed by atoms with Crippen LogP contribution in [-0.2, 0) is 31.5 Å². The first-order valence-corrected chi connectivity index (χ1v) is 4.88. The Labute approximate surface area is 123 Å². The maximum absolute atomic E-state index is 10.3. The Balaban J connectivity index is -0.000000352. The zero-order valence-corrected chi connectivity index (χ0v) is 11.2. The molecule has 11 heteroatoms. The van der Waals surface area contributed by atoms with E-state index >= 15 is 0 Å². The van der Waals surface area contributed by atoms with Gasteiger partial charge in [-0.05, 0) is 0 Å². The molecule has 0 saturated heterocycles. The minimum absolute atomic E-state index is 0. The van der Waals surface area contributed by atoms with Gasteiger partial charge in [-0.3, -0.25) is 9.59 Å². The Bertz CT molecular complexity index is 298. The smallest absolute Gasteiger partial charge is 0.336 e. The second-order valence-corrected chi connectivity index (χ2v) is 3.50. The Morgan fingerprint density at radius 2 is 1.20 bits per heavy atom. The maximum atomic E-state index is 10.3. The summed E-state index contributed by atoms with van der Waals surface area (Å²) in [5.41, 5.74) is -2.74. The van der Waals surface area contributed by atoms with Crippen LogP contribution in [0.15, 0.2) is 0 Å². The molecule has 0 heterocycles. The third-order valence-corrected chi connectivity index (χ3v) is 1.71. The number of aliphatic hydroxyl groups excluding tert-OH is 3. The minimum atomic E-state index is -2.74. The van der Waals surface area contributed by atoms with E-state index in [1.807, 2.05) is 0 Å². The predicted octanol–water partition coefficient (Wildman–Crippen LogP) is -2.92. The number of carbonyl (C=O) groups is 3. The molecule has 0 aliphatic heterocycles. The van der Waals surface area contributed by atoms with E-state index in [2.05, 4.69) is 0 Å². The van der Waals surface area contributed by atoms with Crippen molar-refractivity contribution in [2.45, 2.75) is 24.5 Å². The summed E-state index contributed by atoms with van der Waals surface area (Å²) in [4.78, 5) is 30.5. The first-order valence-electron chi connectivity index (χ1n) is 4.88. The summed E-state index contributed by atoms with van der Waals surface area (Å²) in [5, 5.41) is 57.8. The molecule has 0 saturated carbocycles. The van der Waals surface area contributed by atoms with Crippen LogP contribution in [0, 0.1) is 0 Å². The van der Waals surface area contributed by atoms with Crippen molar-refractivity contribution < 1.29 is 67.2 Å². The third-order valence-electron chi connectivity index (χ3n) is 1.71. The van der Waals surface area contributed by atoms with Gasteiger partial charge in [-0.15, -0.1) is 0 Å². The number of carboxylic acids is 3. The van der Waals surface area contributed by atoms with Crippen LogP contribution in [0.25, 0.3) is 0 Å². The summed E-state index contributed by atoms with van der Waals surface area (Å²) in [6.45, 7) is -0.729. The molecule has 0 atom stereocenters. The Hall–Kier alpha value is -1.23. The predicted molar refractivity (Wildman–Crippen MR) is 57.3 cm³/mol. The number of rotatable bonds is 7. The van der Waals surface area contributed by atoms with Crippen LogP contribution in [-0.4, -0.2) is 78.6 Å². The number of aliphatic hydroxyl groups is 4. The number of carboxylic acid groups (broad SMARTS) is 3. The van der Waals surface area contributed by atoms with Crippen LogP contribution in [0.3, 0.4) is 0 Å². The van der Waals surface area contributed by atoms with Gasteiger partial charge >= 0.3 is 17.9 Å². The van der Waals surface area contributed by atoms with Crippen molar-refractivity contribution in [1.29, 1.82) is 0 Å². The zero-order chi connectivity index (χ0) is 15.6. The van der Waals surface area contributed by atoms with Gasteiger partial charge < -0.3 is 35.7 Å². The summed E-state index contributed by atoms with van der Waals surface area (Å²) in [7, 11) is 0. The van der Waals surface area contributed by atoms with E-state index < -0.39 is 42.5 Å². The normalized spacial score (nSPS) is 10.1. The molecule has 0 fully saturated rings. The Kier molecular flexibility index (Phi) is 13.8. The molecule has 0 unspecified atom stereocenters. The Morgan fingerprint density at radius 3 is 1.30 bits per heavy atom. The van der Waals surface area contributed by atoms with Gasteiger partial charge in [-0.1, -0.05) is 0 Å². The van der Waals surface area contributed by atoms with Crippen molar-refractivity contribution in [3.05, 3.63) is 0 Å². The summed E-state index contributed by atoms with van der Waals surface area (Å²) < 4.78 is 0. The van der Waals surface area contributed by atoms with E-state index in [9.17, 15) is 14.4 Å². The first-order chi connectivity index (χ1) is 8.58. The molecule has 0 aromatic rings. The molecular formula is C9H16FeO10.